The number of carbonyl (C=O) groups excluding carboxylic acids is 2. The SMILES string of the molecule is CCN(CC)c1ccc(NC(=O)c2cccc(CSN(C)CO)c2)c(-c2cc(C(N)=O)ccn2)c1. The molecule has 0 bridgehead atoms. The third-order valence-corrected chi connectivity index (χ3v) is 6.56. The Hall–Kier alpha value is -3.40. The van der Waals surface area contributed by atoms with Crippen LogP contribution in [0, 0.1) is 0 Å². The van der Waals surface area contributed by atoms with Crippen molar-refractivity contribution in [2.45, 2.75) is 19.6 Å². The second-order valence-corrected chi connectivity index (χ2v) is 9.06. The van der Waals surface area contributed by atoms with Crippen molar-refractivity contribution in [1.82, 2.24) is 9.29 Å². The number of amides is 2. The quantitative estimate of drug-likeness (QED) is 0.274. The van der Waals surface area contributed by atoms with E-state index in [0.717, 1.165) is 24.3 Å². The minimum atomic E-state index is -0.541. The highest BCUT2D eigenvalue weighted by Crippen LogP contribution is 2.32. The monoisotopic (exact) mass is 493 g/mol. The molecular formula is C26H31N5O3S. The average molecular weight is 494 g/mol. The molecule has 2 aromatic carbocycles. The largest absolute Gasteiger partial charge is 0.380 e. The number of aliphatic hydroxyl groups excluding tert-OH is 1. The van der Waals surface area contributed by atoms with E-state index in [1.807, 2.05) is 36.4 Å². The van der Waals surface area contributed by atoms with Gasteiger partial charge in [-0.1, -0.05) is 24.1 Å². The number of carbonyl (C=O) groups is 2. The maximum atomic E-state index is 13.2. The van der Waals surface area contributed by atoms with Crippen LogP contribution in [-0.2, 0) is 5.75 Å². The van der Waals surface area contributed by atoms with Gasteiger partial charge in [-0.25, -0.2) is 4.31 Å². The molecule has 8 nitrogen and oxygen atoms in total. The number of benzene rings is 2. The standard InChI is InChI=1S/C26H31N5O3S/c1-4-31(5-2)21-9-10-23(22(15-21)24-14-19(25(27)33)11-12-28-24)29-26(34)20-8-6-7-18(13-20)16-35-30(3)17-32/h6-15,32H,4-5,16-17H2,1-3H3,(H2,27,33)(H,29,34). The third-order valence-electron chi connectivity index (χ3n) is 5.54. The summed E-state index contributed by atoms with van der Waals surface area (Å²) < 4.78 is 1.71. The van der Waals surface area contributed by atoms with E-state index in [1.165, 1.54) is 18.1 Å². The first-order valence-electron chi connectivity index (χ1n) is 11.4. The molecule has 0 fully saturated rings. The van der Waals surface area contributed by atoms with Crippen LogP contribution in [0.2, 0.25) is 0 Å². The number of nitrogens with zero attached hydrogens (tertiary/aromatic N) is 3. The first-order valence-corrected chi connectivity index (χ1v) is 12.3. The fourth-order valence-electron chi connectivity index (χ4n) is 3.59. The van der Waals surface area contributed by atoms with Crippen LogP contribution in [-0.4, -0.2) is 53.1 Å². The molecule has 4 N–H and O–H groups in total. The number of aliphatic hydroxyl groups is 1. The number of anilines is 2. The summed E-state index contributed by atoms with van der Waals surface area (Å²) in [4.78, 5) is 31.6. The van der Waals surface area contributed by atoms with E-state index in [9.17, 15) is 14.7 Å². The van der Waals surface area contributed by atoms with Crippen LogP contribution in [0.3, 0.4) is 0 Å². The molecule has 0 saturated carbocycles. The van der Waals surface area contributed by atoms with Crippen molar-refractivity contribution in [3.63, 3.8) is 0 Å². The van der Waals surface area contributed by atoms with E-state index in [4.69, 9.17) is 5.73 Å². The number of rotatable bonds is 11. The van der Waals surface area contributed by atoms with E-state index in [0.29, 0.717) is 33.8 Å². The molecular weight excluding hydrogens is 462 g/mol. The first-order chi connectivity index (χ1) is 16.9. The zero-order valence-corrected chi connectivity index (χ0v) is 21.0. The van der Waals surface area contributed by atoms with E-state index in [-0.39, 0.29) is 12.6 Å². The Kier molecular flexibility index (Phi) is 9.25. The highest BCUT2D eigenvalue weighted by atomic mass is 32.2. The molecule has 0 spiro atoms. The summed E-state index contributed by atoms with van der Waals surface area (Å²) in [5, 5.41) is 12.2. The van der Waals surface area contributed by atoms with Gasteiger partial charge in [-0.2, -0.15) is 0 Å². The molecule has 0 aliphatic heterocycles. The molecule has 1 heterocycles. The lowest BCUT2D eigenvalue weighted by atomic mass is 10.0. The van der Waals surface area contributed by atoms with Crippen LogP contribution in [0.1, 0.15) is 40.1 Å². The zero-order chi connectivity index (χ0) is 25.4. The first kappa shape index (κ1) is 26.2. The lowest BCUT2D eigenvalue weighted by Gasteiger charge is -2.23. The summed E-state index contributed by atoms with van der Waals surface area (Å²) in [5.74, 6) is -0.165. The molecule has 2 amide bonds. The molecule has 1 aromatic heterocycles. The number of hydrogen-bond donors (Lipinski definition) is 3. The van der Waals surface area contributed by atoms with Gasteiger partial charge in [0.05, 0.1) is 11.4 Å². The van der Waals surface area contributed by atoms with Gasteiger partial charge in [0.1, 0.15) is 6.73 Å². The third kappa shape index (κ3) is 6.82. The fourth-order valence-corrected chi connectivity index (χ4v) is 4.22. The van der Waals surface area contributed by atoms with Crippen LogP contribution in [0.5, 0.6) is 0 Å². The summed E-state index contributed by atoms with van der Waals surface area (Å²) in [6.07, 6.45) is 1.54. The van der Waals surface area contributed by atoms with E-state index in [1.54, 1.807) is 29.6 Å². The number of nitrogens with two attached hydrogens (primary N) is 1. The highest BCUT2D eigenvalue weighted by Gasteiger charge is 2.15. The second-order valence-electron chi connectivity index (χ2n) is 7.89. The molecule has 0 unspecified atom stereocenters. The normalized spacial score (nSPS) is 10.9. The van der Waals surface area contributed by atoms with E-state index >= 15 is 0 Å². The zero-order valence-electron chi connectivity index (χ0n) is 20.2. The molecule has 3 rings (SSSR count). The van der Waals surface area contributed by atoms with Crippen LogP contribution in [0.15, 0.2) is 60.8 Å². The van der Waals surface area contributed by atoms with Crippen LogP contribution < -0.4 is 16.0 Å². The number of pyridine rings is 1. The van der Waals surface area contributed by atoms with Gasteiger partial charge in [-0.05, 0) is 68.9 Å². The summed E-state index contributed by atoms with van der Waals surface area (Å²) in [6, 6.07) is 16.4. The van der Waals surface area contributed by atoms with Crippen molar-refractivity contribution in [3.05, 3.63) is 77.5 Å². The summed E-state index contributed by atoms with van der Waals surface area (Å²) in [7, 11) is 1.80. The Bertz CT molecular complexity index is 1180. The Morgan fingerprint density at radius 2 is 1.83 bits per heavy atom. The van der Waals surface area contributed by atoms with Crippen LogP contribution in [0.4, 0.5) is 11.4 Å². The predicted molar refractivity (Wildman–Crippen MR) is 142 cm³/mol. The minimum Gasteiger partial charge on any atom is -0.380 e. The molecule has 0 radical (unpaired) electrons. The molecule has 35 heavy (non-hydrogen) atoms. The van der Waals surface area contributed by atoms with Crippen LogP contribution in [0.25, 0.3) is 11.3 Å². The Morgan fingerprint density at radius 3 is 2.51 bits per heavy atom. The van der Waals surface area contributed by atoms with E-state index < -0.39 is 5.91 Å². The van der Waals surface area contributed by atoms with Crippen LogP contribution >= 0.6 is 11.9 Å². The van der Waals surface area contributed by atoms with Gasteiger partial charge in [0.2, 0.25) is 5.91 Å². The molecule has 0 aliphatic carbocycles. The van der Waals surface area contributed by atoms with Crippen molar-refractivity contribution < 1.29 is 14.7 Å². The molecule has 184 valence electrons. The smallest absolute Gasteiger partial charge is 0.255 e. The van der Waals surface area contributed by atoms with Crippen molar-refractivity contribution in [2.24, 2.45) is 5.73 Å². The Labute approximate surface area is 210 Å². The van der Waals surface area contributed by atoms with Crippen molar-refractivity contribution in [2.75, 3.05) is 37.1 Å². The summed E-state index contributed by atoms with van der Waals surface area (Å²) in [6.45, 7) is 5.75. The number of primary amides is 1. The fraction of sp³-hybridized carbons (Fsp3) is 0.269. The summed E-state index contributed by atoms with van der Waals surface area (Å²) in [5.41, 5.74) is 10.1. The summed E-state index contributed by atoms with van der Waals surface area (Å²) >= 11 is 1.47. The van der Waals surface area contributed by atoms with Crippen molar-refractivity contribution in [1.29, 1.82) is 0 Å². The predicted octanol–water partition coefficient (Wildman–Crippen LogP) is 3.98. The Morgan fingerprint density at radius 1 is 1.06 bits per heavy atom. The maximum Gasteiger partial charge on any atom is 0.255 e. The number of hydrogen-bond acceptors (Lipinski definition) is 7. The number of nitrogens with one attached hydrogen (secondary N) is 1. The van der Waals surface area contributed by atoms with Crippen molar-refractivity contribution >= 4 is 35.1 Å². The Balaban J connectivity index is 1.95. The maximum absolute atomic E-state index is 13.2. The van der Waals surface area contributed by atoms with Gasteiger partial charge in [0, 0.05) is 47.4 Å². The second kappa shape index (κ2) is 12.3. The molecule has 9 heteroatoms. The molecule has 0 saturated heterocycles. The minimum absolute atomic E-state index is 0.0535. The molecule has 3 aromatic rings. The number of aromatic nitrogens is 1. The molecule has 0 atom stereocenters. The molecule has 0 aliphatic rings. The van der Waals surface area contributed by atoms with Gasteiger partial charge in [0.15, 0.2) is 0 Å². The lowest BCUT2D eigenvalue weighted by molar-refractivity contribution is 0.0997. The van der Waals surface area contributed by atoms with Crippen molar-refractivity contribution in [3.8, 4) is 11.3 Å². The van der Waals surface area contributed by atoms with E-state index in [2.05, 4.69) is 29.0 Å². The van der Waals surface area contributed by atoms with Gasteiger partial charge in [-0.15, -0.1) is 0 Å². The van der Waals surface area contributed by atoms with Gasteiger partial charge in [-0.3, -0.25) is 14.6 Å². The average Bonchev–Trinajstić information content (AvgIpc) is 2.88. The van der Waals surface area contributed by atoms with Gasteiger partial charge in [0.25, 0.3) is 5.91 Å². The highest BCUT2D eigenvalue weighted by molar-refractivity contribution is 7.96. The lowest BCUT2D eigenvalue weighted by Crippen LogP contribution is -2.22. The topological polar surface area (TPSA) is 112 Å². The van der Waals surface area contributed by atoms with Gasteiger partial charge >= 0.3 is 0 Å². The van der Waals surface area contributed by atoms with Gasteiger partial charge < -0.3 is 21.1 Å².